The number of carbonyl (C=O) groups is 1. The number of nitrogens with two attached hydrogens (primary N) is 1. The number of aromatic nitrogens is 2. The highest BCUT2D eigenvalue weighted by Gasteiger charge is 2.31. The van der Waals surface area contributed by atoms with Gasteiger partial charge in [-0.1, -0.05) is 26.2 Å². The number of hydrogen-bond acceptors (Lipinski definition) is 3. The van der Waals surface area contributed by atoms with Gasteiger partial charge in [0, 0.05) is 5.54 Å². The van der Waals surface area contributed by atoms with E-state index in [0.717, 1.165) is 31.4 Å². The van der Waals surface area contributed by atoms with Gasteiger partial charge in [0.2, 0.25) is 0 Å². The van der Waals surface area contributed by atoms with E-state index >= 15 is 0 Å². The van der Waals surface area contributed by atoms with Crippen LogP contribution in [0.5, 0.6) is 0 Å². The first-order valence-corrected chi connectivity index (χ1v) is 6.71. The van der Waals surface area contributed by atoms with Gasteiger partial charge < -0.3 is 11.1 Å². The normalized spacial score (nSPS) is 17.9. The van der Waals surface area contributed by atoms with Crippen LogP contribution in [0, 0.1) is 0 Å². The number of nitrogens with one attached hydrogen (secondary N) is 2. The molecule has 1 aromatic rings. The summed E-state index contributed by atoms with van der Waals surface area (Å²) in [7, 11) is 0. The molecular weight excluding hydrogens is 228 g/mol. The van der Waals surface area contributed by atoms with Crippen molar-refractivity contribution in [2.24, 2.45) is 0 Å². The van der Waals surface area contributed by atoms with Gasteiger partial charge >= 0.3 is 0 Å². The molecular formula is C13H22N4O. The number of aromatic amines is 1. The molecule has 2 rings (SSSR count). The van der Waals surface area contributed by atoms with Crippen LogP contribution in [-0.2, 0) is 6.42 Å². The zero-order valence-corrected chi connectivity index (χ0v) is 11.2. The third kappa shape index (κ3) is 2.49. The molecule has 0 saturated heterocycles. The molecule has 0 spiro atoms. The maximum atomic E-state index is 12.2. The van der Waals surface area contributed by atoms with Crippen molar-refractivity contribution in [3.8, 4) is 0 Å². The summed E-state index contributed by atoms with van der Waals surface area (Å²) in [5.74, 6) is -0.157. The number of carbonyl (C=O) groups excluding carboxylic acids is 1. The number of nitrogen functional groups attached to an aromatic ring is 1. The van der Waals surface area contributed by atoms with Gasteiger partial charge in [-0.25, -0.2) is 0 Å². The number of aryl methyl sites for hydroxylation is 1. The first kappa shape index (κ1) is 12.9. The Balaban J connectivity index is 2.09. The van der Waals surface area contributed by atoms with Crippen LogP contribution in [0.2, 0.25) is 0 Å². The van der Waals surface area contributed by atoms with Crippen molar-refractivity contribution >= 4 is 11.6 Å². The number of amides is 1. The molecule has 0 aliphatic heterocycles. The molecule has 0 radical (unpaired) electrons. The van der Waals surface area contributed by atoms with E-state index in [-0.39, 0.29) is 11.4 Å². The molecule has 1 saturated carbocycles. The largest absolute Gasteiger partial charge is 0.395 e. The molecule has 4 N–H and O–H groups in total. The van der Waals surface area contributed by atoms with Crippen molar-refractivity contribution in [1.29, 1.82) is 0 Å². The van der Waals surface area contributed by atoms with Crippen molar-refractivity contribution in [3.05, 3.63) is 11.4 Å². The third-order valence-electron chi connectivity index (χ3n) is 3.72. The molecule has 0 unspecified atom stereocenters. The Morgan fingerprint density at radius 1 is 1.50 bits per heavy atom. The summed E-state index contributed by atoms with van der Waals surface area (Å²) in [6.07, 6.45) is 6.21. The van der Waals surface area contributed by atoms with E-state index in [1.165, 1.54) is 12.8 Å². The number of nitrogens with zero attached hydrogens (tertiary/aromatic N) is 1. The smallest absolute Gasteiger partial charge is 0.274 e. The highest BCUT2D eigenvalue weighted by atomic mass is 16.2. The highest BCUT2D eigenvalue weighted by Crippen LogP contribution is 2.29. The minimum Gasteiger partial charge on any atom is -0.395 e. The fourth-order valence-electron chi connectivity index (χ4n) is 2.61. The molecule has 1 aliphatic carbocycles. The lowest BCUT2D eigenvalue weighted by atomic mass is 10.0. The second kappa shape index (κ2) is 5.00. The van der Waals surface area contributed by atoms with Gasteiger partial charge in [0.05, 0.1) is 11.4 Å². The van der Waals surface area contributed by atoms with Crippen molar-refractivity contribution in [3.63, 3.8) is 0 Å². The van der Waals surface area contributed by atoms with Crippen molar-refractivity contribution in [1.82, 2.24) is 15.5 Å². The maximum Gasteiger partial charge on any atom is 0.274 e. The van der Waals surface area contributed by atoms with Gasteiger partial charge in [0.25, 0.3) is 5.91 Å². The summed E-state index contributed by atoms with van der Waals surface area (Å²) in [6.45, 7) is 4.16. The second-order valence-electron chi connectivity index (χ2n) is 5.44. The summed E-state index contributed by atoms with van der Waals surface area (Å²) in [4.78, 5) is 12.2. The van der Waals surface area contributed by atoms with E-state index < -0.39 is 0 Å². The van der Waals surface area contributed by atoms with Crippen molar-refractivity contribution in [2.45, 2.75) is 57.9 Å². The number of anilines is 1. The Morgan fingerprint density at radius 3 is 2.78 bits per heavy atom. The molecule has 1 aromatic heterocycles. The maximum absolute atomic E-state index is 12.2. The van der Waals surface area contributed by atoms with Gasteiger partial charge in [-0.15, -0.1) is 0 Å². The van der Waals surface area contributed by atoms with Crippen molar-refractivity contribution in [2.75, 3.05) is 5.73 Å². The van der Waals surface area contributed by atoms with Crippen LogP contribution >= 0.6 is 0 Å². The van der Waals surface area contributed by atoms with E-state index in [1.807, 2.05) is 0 Å². The molecule has 1 amide bonds. The predicted molar refractivity (Wildman–Crippen MR) is 71.3 cm³/mol. The Morgan fingerprint density at radius 2 is 2.17 bits per heavy atom. The molecule has 1 fully saturated rings. The first-order valence-electron chi connectivity index (χ1n) is 6.71. The van der Waals surface area contributed by atoms with Gasteiger partial charge in [-0.05, 0) is 26.2 Å². The summed E-state index contributed by atoms with van der Waals surface area (Å²) in [5.41, 5.74) is 7.56. The Kier molecular flexibility index (Phi) is 3.59. The van der Waals surface area contributed by atoms with Crippen molar-refractivity contribution < 1.29 is 4.79 Å². The number of rotatable bonds is 4. The molecule has 5 heteroatoms. The topological polar surface area (TPSA) is 83.8 Å². The average Bonchev–Trinajstić information content (AvgIpc) is 2.88. The van der Waals surface area contributed by atoms with Gasteiger partial charge in [0.1, 0.15) is 0 Å². The number of hydrogen-bond donors (Lipinski definition) is 3. The van der Waals surface area contributed by atoms with Crippen LogP contribution in [0.4, 0.5) is 5.69 Å². The van der Waals surface area contributed by atoms with E-state index in [2.05, 4.69) is 29.4 Å². The lowest BCUT2D eigenvalue weighted by molar-refractivity contribution is 0.0904. The van der Waals surface area contributed by atoms with Crippen LogP contribution in [0.25, 0.3) is 0 Å². The summed E-state index contributed by atoms with van der Waals surface area (Å²) >= 11 is 0. The summed E-state index contributed by atoms with van der Waals surface area (Å²) in [5, 5.41) is 9.97. The van der Waals surface area contributed by atoms with Crippen LogP contribution in [-0.4, -0.2) is 21.6 Å². The van der Waals surface area contributed by atoms with Crippen LogP contribution in [0.15, 0.2) is 0 Å². The minimum atomic E-state index is -0.157. The van der Waals surface area contributed by atoms with E-state index in [9.17, 15) is 4.79 Å². The minimum absolute atomic E-state index is 0.0899. The SMILES string of the molecule is CCCc1[nH]nc(C(=O)NC2(C)CCCC2)c1N. The number of H-pyrrole nitrogens is 1. The summed E-state index contributed by atoms with van der Waals surface area (Å²) < 4.78 is 0. The zero-order chi connectivity index (χ0) is 13.2. The van der Waals surface area contributed by atoms with Gasteiger partial charge in [-0.2, -0.15) is 5.10 Å². The second-order valence-corrected chi connectivity index (χ2v) is 5.44. The average molecular weight is 250 g/mol. The molecule has 5 nitrogen and oxygen atoms in total. The van der Waals surface area contributed by atoms with E-state index in [1.54, 1.807) is 0 Å². The molecule has 0 aromatic carbocycles. The van der Waals surface area contributed by atoms with Gasteiger partial charge in [-0.3, -0.25) is 9.89 Å². The fraction of sp³-hybridized carbons (Fsp3) is 0.692. The Bertz CT molecular complexity index is 432. The Labute approximate surface area is 108 Å². The van der Waals surface area contributed by atoms with E-state index in [4.69, 9.17) is 5.73 Å². The fourth-order valence-corrected chi connectivity index (χ4v) is 2.61. The molecule has 0 atom stereocenters. The molecule has 1 heterocycles. The molecule has 100 valence electrons. The van der Waals surface area contributed by atoms with Crippen LogP contribution in [0.3, 0.4) is 0 Å². The molecule has 0 bridgehead atoms. The quantitative estimate of drug-likeness (QED) is 0.764. The first-order chi connectivity index (χ1) is 8.56. The standard InChI is InChI=1S/C13H22N4O/c1-3-6-9-10(14)11(17-16-9)12(18)15-13(2)7-4-5-8-13/h3-8,14H2,1-2H3,(H,15,18)(H,16,17). The molecule has 1 aliphatic rings. The van der Waals surface area contributed by atoms with Gasteiger partial charge in [0.15, 0.2) is 5.69 Å². The highest BCUT2D eigenvalue weighted by molar-refractivity contribution is 5.98. The van der Waals surface area contributed by atoms with Crippen LogP contribution in [0.1, 0.15) is 62.1 Å². The summed E-state index contributed by atoms with van der Waals surface area (Å²) in [6, 6.07) is 0. The third-order valence-corrected chi connectivity index (χ3v) is 3.72. The lowest BCUT2D eigenvalue weighted by Gasteiger charge is -2.24. The predicted octanol–water partition coefficient (Wildman–Crippen LogP) is 2.01. The van der Waals surface area contributed by atoms with Crippen LogP contribution < -0.4 is 11.1 Å². The molecule has 18 heavy (non-hydrogen) atoms. The Hall–Kier alpha value is -1.52. The zero-order valence-electron chi connectivity index (χ0n) is 11.2. The lowest BCUT2D eigenvalue weighted by Crippen LogP contribution is -2.43. The monoisotopic (exact) mass is 250 g/mol. The van der Waals surface area contributed by atoms with E-state index in [0.29, 0.717) is 11.4 Å².